The molecule has 0 aliphatic carbocycles. The van der Waals surface area contributed by atoms with Gasteiger partial charge >= 0.3 is 0 Å². The Balaban J connectivity index is 3.24. The van der Waals surface area contributed by atoms with E-state index in [-0.39, 0.29) is 22.8 Å². The van der Waals surface area contributed by atoms with Crippen molar-refractivity contribution in [1.29, 1.82) is 0 Å². The van der Waals surface area contributed by atoms with Gasteiger partial charge < -0.3 is 10.8 Å². The fourth-order valence-corrected chi connectivity index (χ4v) is 1.26. The Morgan fingerprint density at radius 1 is 1.50 bits per heavy atom. The molecular weight excluding hydrogens is 214 g/mol. The Bertz CT molecular complexity index is 333. The summed E-state index contributed by atoms with van der Waals surface area (Å²) in [7, 11) is 0. The van der Waals surface area contributed by atoms with Crippen molar-refractivity contribution in [2.45, 2.75) is 18.9 Å². The fourth-order valence-electron chi connectivity index (χ4n) is 1.05. The van der Waals surface area contributed by atoms with E-state index in [0.29, 0.717) is 5.69 Å². The number of aliphatic hydroxyl groups is 1. The fraction of sp³-hybridized carbons (Fsp3) is 0.375. The summed E-state index contributed by atoms with van der Waals surface area (Å²) >= 11 is 5.48. The number of hydrogen-bond donors (Lipinski definition) is 2. The summed E-state index contributed by atoms with van der Waals surface area (Å²) in [5.74, 6) is 0.0301. The minimum Gasteiger partial charge on any atom is -0.397 e. The number of nitrogens with zero attached hydrogens (tertiary/aromatic N) is 1. The Morgan fingerprint density at radius 3 is 2.57 bits per heavy atom. The third-order valence-corrected chi connectivity index (χ3v) is 2.01. The largest absolute Gasteiger partial charge is 0.397 e. The van der Waals surface area contributed by atoms with Crippen LogP contribution in [0.5, 0.6) is 0 Å². The quantitative estimate of drug-likeness (QED) is 0.768. The molecule has 0 fully saturated rings. The van der Waals surface area contributed by atoms with Gasteiger partial charge in [-0.15, -0.1) is 11.6 Å². The van der Waals surface area contributed by atoms with Gasteiger partial charge in [-0.25, -0.2) is 8.78 Å². The summed E-state index contributed by atoms with van der Waals surface area (Å²) in [6, 6.07) is 1.10. The molecule has 0 radical (unpaired) electrons. The molecule has 0 saturated heterocycles. The lowest BCUT2D eigenvalue weighted by Gasteiger charge is -2.09. The molecule has 0 spiro atoms. The van der Waals surface area contributed by atoms with Crippen molar-refractivity contribution in [1.82, 2.24) is 4.98 Å². The molecule has 0 aromatic carbocycles. The Kier molecular flexibility index (Phi) is 3.60. The van der Waals surface area contributed by atoms with Crippen LogP contribution in [-0.4, -0.2) is 10.1 Å². The minimum atomic E-state index is -2.70. The van der Waals surface area contributed by atoms with Gasteiger partial charge in [-0.05, 0) is 6.07 Å². The van der Waals surface area contributed by atoms with Crippen molar-refractivity contribution in [3.8, 4) is 0 Å². The predicted octanol–water partition coefficient (Wildman–Crippen LogP) is 1.83. The van der Waals surface area contributed by atoms with E-state index in [9.17, 15) is 8.78 Å². The van der Waals surface area contributed by atoms with Gasteiger partial charge in [0.2, 0.25) is 0 Å². The second-order valence-corrected chi connectivity index (χ2v) is 2.92. The summed E-state index contributed by atoms with van der Waals surface area (Å²) in [4.78, 5) is 3.74. The molecular formula is C8H9ClF2N2O. The van der Waals surface area contributed by atoms with Gasteiger partial charge in [-0.2, -0.15) is 0 Å². The predicted molar refractivity (Wildman–Crippen MR) is 49.1 cm³/mol. The number of aromatic nitrogens is 1. The molecule has 1 rings (SSSR count). The Hall–Kier alpha value is -0.940. The van der Waals surface area contributed by atoms with E-state index in [1.54, 1.807) is 0 Å². The monoisotopic (exact) mass is 222 g/mol. The van der Waals surface area contributed by atoms with E-state index >= 15 is 0 Å². The smallest absolute Gasteiger partial charge is 0.265 e. The van der Waals surface area contributed by atoms with Crippen LogP contribution in [0, 0.1) is 0 Å². The number of pyridine rings is 1. The van der Waals surface area contributed by atoms with Crippen molar-refractivity contribution >= 4 is 17.3 Å². The van der Waals surface area contributed by atoms with E-state index in [1.807, 2.05) is 0 Å². The summed E-state index contributed by atoms with van der Waals surface area (Å²) in [5, 5.41) is 8.80. The number of halogens is 3. The number of alkyl halides is 3. The first-order valence-corrected chi connectivity index (χ1v) is 4.36. The molecule has 0 amide bonds. The van der Waals surface area contributed by atoms with Crippen molar-refractivity contribution in [3.63, 3.8) is 0 Å². The van der Waals surface area contributed by atoms with Crippen LogP contribution in [0.15, 0.2) is 6.07 Å². The maximum atomic E-state index is 12.4. The molecule has 1 aromatic rings. The van der Waals surface area contributed by atoms with E-state index in [4.69, 9.17) is 22.4 Å². The van der Waals surface area contributed by atoms with Crippen LogP contribution < -0.4 is 5.73 Å². The molecule has 6 heteroatoms. The van der Waals surface area contributed by atoms with E-state index in [2.05, 4.69) is 4.98 Å². The van der Waals surface area contributed by atoms with E-state index < -0.39 is 13.0 Å². The van der Waals surface area contributed by atoms with Crippen LogP contribution in [0.25, 0.3) is 0 Å². The number of aliphatic hydroxyl groups excluding tert-OH is 1. The highest BCUT2D eigenvalue weighted by Gasteiger charge is 2.16. The topological polar surface area (TPSA) is 59.1 Å². The SMILES string of the molecule is Nc1cc(C(F)F)c(CO)nc1CCl. The molecule has 1 heterocycles. The summed E-state index contributed by atoms with van der Waals surface area (Å²) in [6.07, 6.45) is -2.70. The second-order valence-electron chi connectivity index (χ2n) is 2.65. The molecule has 0 saturated carbocycles. The van der Waals surface area contributed by atoms with Gasteiger partial charge in [0.1, 0.15) is 0 Å². The van der Waals surface area contributed by atoms with Crippen LogP contribution in [0.4, 0.5) is 14.5 Å². The summed E-state index contributed by atoms with van der Waals surface area (Å²) in [5.41, 5.74) is 5.43. The molecule has 0 atom stereocenters. The average molecular weight is 223 g/mol. The zero-order valence-corrected chi connectivity index (χ0v) is 7.93. The van der Waals surface area contributed by atoms with Gasteiger partial charge in [-0.1, -0.05) is 0 Å². The van der Waals surface area contributed by atoms with Crippen molar-refractivity contribution in [2.75, 3.05) is 5.73 Å². The highest BCUT2D eigenvalue weighted by atomic mass is 35.5. The van der Waals surface area contributed by atoms with Gasteiger partial charge in [0.15, 0.2) is 0 Å². The van der Waals surface area contributed by atoms with Crippen LogP contribution >= 0.6 is 11.6 Å². The number of nitrogen functional groups attached to an aromatic ring is 1. The molecule has 0 unspecified atom stereocenters. The lowest BCUT2D eigenvalue weighted by molar-refractivity contribution is 0.146. The summed E-state index contributed by atoms with van der Waals surface area (Å²) < 4.78 is 24.8. The number of anilines is 1. The molecule has 0 bridgehead atoms. The third-order valence-electron chi connectivity index (χ3n) is 1.76. The molecule has 0 aliphatic rings. The highest BCUT2D eigenvalue weighted by molar-refractivity contribution is 6.17. The van der Waals surface area contributed by atoms with E-state index in [0.717, 1.165) is 6.07 Å². The van der Waals surface area contributed by atoms with Crippen molar-refractivity contribution < 1.29 is 13.9 Å². The van der Waals surface area contributed by atoms with Gasteiger partial charge in [0.05, 0.1) is 29.6 Å². The molecule has 3 N–H and O–H groups in total. The number of nitrogens with two attached hydrogens (primary N) is 1. The highest BCUT2D eigenvalue weighted by Crippen LogP contribution is 2.26. The first kappa shape index (κ1) is 11.1. The molecule has 78 valence electrons. The van der Waals surface area contributed by atoms with Gasteiger partial charge in [0, 0.05) is 5.56 Å². The van der Waals surface area contributed by atoms with Crippen LogP contribution in [0.2, 0.25) is 0 Å². The van der Waals surface area contributed by atoms with Gasteiger partial charge in [-0.3, -0.25) is 4.98 Å². The van der Waals surface area contributed by atoms with E-state index in [1.165, 1.54) is 0 Å². The molecule has 0 aliphatic heterocycles. The first-order chi connectivity index (χ1) is 6.60. The standard InChI is InChI=1S/C8H9ClF2N2O/c9-2-6-5(12)1-4(8(10)11)7(3-14)13-6/h1,8,14H,2-3,12H2. The summed E-state index contributed by atoms with van der Waals surface area (Å²) in [6.45, 7) is -0.552. The van der Waals surface area contributed by atoms with Gasteiger partial charge in [0.25, 0.3) is 6.43 Å². The molecule has 14 heavy (non-hydrogen) atoms. The first-order valence-electron chi connectivity index (χ1n) is 3.83. The Morgan fingerprint density at radius 2 is 2.14 bits per heavy atom. The number of hydrogen-bond acceptors (Lipinski definition) is 3. The normalized spacial score (nSPS) is 10.9. The van der Waals surface area contributed by atoms with Crippen LogP contribution in [0.3, 0.4) is 0 Å². The van der Waals surface area contributed by atoms with Crippen molar-refractivity contribution in [3.05, 3.63) is 23.0 Å². The maximum Gasteiger partial charge on any atom is 0.265 e. The Labute approximate surface area is 84.5 Å². The molecule has 1 aromatic heterocycles. The zero-order chi connectivity index (χ0) is 10.7. The minimum absolute atomic E-state index is 0.0301. The second kappa shape index (κ2) is 4.52. The third kappa shape index (κ3) is 2.10. The molecule has 3 nitrogen and oxygen atoms in total. The lowest BCUT2D eigenvalue weighted by Crippen LogP contribution is -2.05. The van der Waals surface area contributed by atoms with Crippen LogP contribution in [0.1, 0.15) is 23.4 Å². The zero-order valence-electron chi connectivity index (χ0n) is 7.17. The van der Waals surface area contributed by atoms with Crippen molar-refractivity contribution in [2.24, 2.45) is 0 Å². The lowest BCUT2D eigenvalue weighted by atomic mass is 10.1. The average Bonchev–Trinajstić information content (AvgIpc) is 2.17. The maximum absolute atomic E-state index is 12.4. The number of rotatable bonds is 3. The van der Waals surface area contributed by atoms with Crippen LogP contribution in [-0.2, 0) is 12.5 Å².